The monoisotopic (exact) mass is 530 g/mol. The highest BCUT2D eigenvalue weighted by Gasteiger charge is 2.19. The molecule has 0 aliphatic heterocycles. The number of carbonyl (C=O) groups excluding carboxylic acids is 1. The van der Waals surface area contributed by atoms with E-state index in [0.29, 0.717) is 22.9 Å². The van der Waals surface area contributed by atoms with Gasteiger partial charge in [0.05, 0.1) is 43.9 Å². The van der Waals surface area contributed by atoms with Crippen LogP contribution in [0.2, 0.25) is 0 Å². The summed E-state index contributed by atoms with van der Waals surface area (Å²) in [7, 11) is 1.58. The van der Waals surface area contributed by atoms with E-state index in [4.69, 9.17) is 21.3 Å². The molecule has 11 heteroatoms. The summed E-state index contributed by atoms with van der Waals surface area (Å²) < 4.78 is 7.74. The second-order valence-corrected chi connectivity index (χ2v) is 9.50. The molecule has 6 N–H and O–H groups in total. The summed E-state index contributed by atoms with van der Waals surface area (Å²) in [6.45, 7) is -0.157. The summed E-state index contributed by atoms with van der Waals surface area (Å²) in [6.07, 6.45) is 4.32. The van der Waals surface area contributed by atoms with Crippen LogP contribution in [0.5, 0.6) is 5.75 Å². The van der Waals surface area contributed by atoms with Gasteiger partial charge in [-0.05, 0) is 47.3 Å². The molecule has 38 heavy (non-hydrogen) atoms. The number of hydrogen-bond donors (Lipinski definition) is 4. The molecule has 3 heterocycles. The molecule has 3 aromatic heterocycles. The van der Waals surface area contributed by atoms with Crippen LogP contribution in [0.15, 0.2) is 72.5 Å². The number of benzene rings is 2. The molecule has 0 aliphatic rings. The molecule has 0 unspecified atom stereocenters. The van der Waals surface area contributed by atoms with Crippen LogP contribution in [0.3, 0.4) is 0 Å². The van der Waals surface area contributed by atoms with Gasteiger partial charge < -0.3 is 26.4 Å². The number of nitrogens with zero attached hydrogens (tertiary/aromatic N) is 4. The number of amides is 2. The number of fused-ring (bicyclic) bond motifs is 1. The number of primary amides is 1. The van der Waals surface area contributed by atoms with E-state index < -0.39 is 12.1 Å². The summed E-state index contributed by atoms with van der Waals surface area (Å²) in [5, 5.41) is 26.0. The van der Waals surface area contributed by atoms with Crippen molar-refractivity contribution in [2.24, 2.45) is 5.73 Å². The summed E-state index contributed by atoms with van der Waals surface area (Å²) >= 11 is 1.54. The molecule has 0 radical (unpaired) electrons. The van der Waals surface area contributed by atoms with Crippen LogP contribution in [0.25, 0.3) is 32.3 Å². The zero-order chi connectivity index (χ0) is 26.8. The van der Waals surface area contributed by atoms with Gasteiger partial charge in [-0.2, -0.15) is 5.10 Å². The predicted octanol–water partition coefficient (Wildman–Crippen LogP) is 3.99. The first-order valence-corrected chi connectivity index (χ1v) is 12.6. The largest absolute Gasteiger partial charge is 0.497 e. The van der Waals surface area contributed by atoms with Gasteiger partial charge in [0, 0.05) is 39.2 Å². The smallest absolute Gasteiger partial charge is 0.323 e. The van der Waals surface area contributed by atoms with Crippen molar-refractivity contribution in [3.05, 3.63) is 72.5 Å². The third-order valence-corrected chi connectivity index (χ3v) is 7.18. The molecular weight excluding hydrogens is 504 g/mol. The van der Waals surface area contributed by atoms with Crippen molar-refractivity contribution in [2.45, 2.75) is 12.6 Å². The van der Waals surface area contributed by atoms with Gasteiger partial charge in [-0.15, -0.1) is 11.3 Å². The maximum Gasteiger partial charge on any atom is 0.323 e. The molecule has 0 aliphatic carbocycles. The zero-order valence-electron chi connectivity index (χ0n) is 20.5. The lowest BCUT2D eigenvalue weighted by Crippen LogP contribution is -2.31. The van der Waals surface area contributed by atoms with Crippen molar-refractivity contribution >= 4 is 44.6 Å². The third-order valence-electron chi connectivity index (χ3n) is 6.16. The number of carbonyl (C=O) groups is 1. The van der Waals surface area contributed by atoms with Crippen LogP contribution >= 0.6 is 11.3 Å². The maximum absolute atomic E-state index is 12.3. The number of aliphatic hydroxyl groups excluding tert-OH is 2. The van der Waals surface area contributed by atoms with Gasteiger partial charge in [0.15, 0.2) is 0 Å². The number of aromatic nitrogens is 3. The molecule has 194 valence electrons. The zero-order valence-corrected chi connectivity index (χ0v) is 21.3. The predicted molar refractivity (Wildman–Crippen MR) is 148 cm³/mol. The number of rotatable bonds is 8. The van der Waals surface area contributed by atoms with E-state index in [9.17, 15) is 9.90 Å². The van der Waals surface area contributed by atoms with Crippen LogP contribution in [0.1, 0.15) is 0 Å². The molecule has 0 spiro atoms. The second-order valence-electron chi connectivity index (χ2n) is 8.62. The standard InChI is InChI=1S/C27H26N6O4S/c1-37-21-8-6-19(7-9-21)33(27(29)36)18-4-2-16(3-5-18)23-15-38-25-22(11-30-26(28)24(23)25)17-10-31-32(12-17)13-20(35)14-34/h2-12,15,20,34-35H,13-14H2,1H3,(H2,28,30)(H2,29,36)/t20-/m0/s1. The van der Waals surface area contributed by atoms with Crippen LogP contribution in [0, 0.1) is 0 Å². The molecule has 5 rings (SSSR count). The Morgan fingerprint density at radius 2 is 1.76 bits per heavy atom. The van der Waals surface area contributed by atoms with E-state index >= 15 is 0 Å². The van der Waals surface area contributed by atoms with Gasteiger partial charge in [-0.3, -0.25) is 9.58 Å². The van der Waals surface area contributed by atoms with E-state index in [-0.39, 0.29) is 13.2 Å². The van der Waals surface area contributed by atoms with Gasteiger partial charge >= 0.3 is 6.03 Å². The average molecular weight is 531 g/mol. The lowest BCUT2D eigenvalue weighted by molar-refractivity contribution is 0.0783. The fourth-order valence-electron chi connectivity index (χ4n) is 4.29. The van der Waals surface area contributed by atoms with Crippen molar-refractivity contribution < 1.29 is 19.7 Å². The minimum absolute atomic E-state index is 0.183. The van der Waals surface area contributed by atoms with Crippen LogP contribution in [-0.4, -0.2) is 50.8 Å². The SMILES string of the molecule is COc1ccc(N(C(N)=O)c2ccc(-c3csc4c(-c5cnn(C[C@H](O)CO)c5)cnc(N)c34)cc2)cc1. The van der Waals surface area contributed by atoms with Gasteiger partial charge in [-0.1, -0.05) is 12.1 Å². The molecule has 2 aromatic carbocycles. The number of anilines is 3. The van der Waals surface area contributed by atoms with Gasteiger partial charge in [0.1, 0.15) is 11.6 Å². The van der Waals surface area contributed by atoms with Crippen molar-refractivity contribution in [3.63, 3.8) is 0 Å². The Hall–Kier alpha value is -4.45. The first-order chi connectivity index (χ1) is 18.4. The normalized spacial score (nSPS) is 12.0. The molecular formula is C27H26N6O4S. The molecule has 10 nitrogen and oxygen atoms in total. The highest BCUT2D eigenvalue weighted by Crippen LogP contribution is 2.42. The number of methoxy groups -OCH3 is 1. The molecule has 0 saturated heterocycles. The lowest BCUT2D eigenvalue weighted by Gasteiger charge is -2.21. The van der Waals surface area contributed by atoms with Gasteiger partial charge in [0.25, 0.3) is 0 Å². The Labute approximate surface area is 222 Å². The van der Waals surface area contributed by atoms with Gasteiger partial charge in [0.2, 0.25) is 0 Å². The molecule has 0 saturated carbocycles. The van der Waals surface area contributed by atoms with E-state index in [1.807, 2.05) is 29.6 Å². The van der Waals surface area contributed by atoms with E-state index in [0.717, 1.165) is 32.3 Å². The fourth-order valence-corrected chi connectivity index (χ4v) is 5.41. The number of hydrogen-bond acceptors (Lipinski definition) is 8. The van der Waals surface area contributed by atoms with Crippen molar-refractivity contribution in [2.75, 3.05) is 24.4 Å². The number of urea groups is 1. The molecule has 0 bridgehead atoms. The Morgan fingerprint density at radius 3 is 2.39 bits per heavy atom. The third kappa shape index (κ3) is 4.77. The van der Waals surface area contributed by atoms with Crippen molar-refractivity contribution in [1.29, 1.82) is 0 Å². The lowest BCUT2D eigenvalue weighted by atomic mass is 10.0. The Bertz CT molecular complexity index is 1580. The minimum atomic E-state index is -0.890. The number of pyridine rings is 1. The van der Waals surface area contributed by atoms with Crippen LogP contribution in [0.4, 0.5) is 22.0 Å². The number of aliphatic hydroxyl groups is 2. The average Bonchev–Trinajstić information content (AvgIpc) is 3.58. The number of ether oxygens (including phenoxy) is 1. The minimum Gasteiger partial charge on any atom is -0.497 e. The summed E-state index contributed by atoms with van der Waals surface area (Å²) in [5.41, 5.74) is 16.8. The van der Waals surface area contributed by atoms with Crippen molar-refractivity contribution in [3.8, 4) is 28.0 Å². The number of thiophene rings is 1. The molecule has 2 amide bonds. The van der Waals surface area contributed by atoms with E-state index in [2.05, 4.69) is 10.1 Å². The van der Waals surface area contributed by atoms with E-state index in [1.54, 1.807) is 66.0 Å². The molecule has 0 fully saturated rings. The summed E-state index contributed by atoms with van der Waals surface area (Å²) in [4.78, 5) is 18.2. The number of nitrogen functional groups attached to an aromatic ring is 1. The molecule has 5 aromatic rings. The second kappa shape index (κ2) is 10.5. The van der Waals surface area contributed by atoms with E-state index in [1.165, 1.54) is 4.90 Å². The van der Waals surface area contributed by atoms with Crippen LogP contribution in [-0.2, 0) is 6.54 Å². The number of nitrogens with two attached hydrogens (primary N) is 2. The Kier molecular flexibility index (Phi) is 6.97. The summed E-state index contributed by atoms with van der Waals surface area (Å²) in [5.74, 6) is 1.09. The first kappa shape index (κ1) is 25.2. The fraction of sp³-hybridized carbons (Fsp3) is 0.148. The Morgan fingerprint density at radius 1 is 1.08 bits per heavy atom. The molecule has 1 atom stereocenters. The van der Waals surface area contributed by atoms with Crippen LogP contribution < -0.4 is 21.1 Å². The first-order valence-electron chi connectivity index (χ1n) is 11.7. The highest BCUT2D eigenvalue weighted by atomic mass is 32.1. The quantitative estimate of drug-likeness (QED) is 0.237. The highest BCUT2D eigenvalue weighted by molar-refractivity contribution is 7.18. The van der Waals surface area contributed by atoms with Crippen molar-refractivity contribution in [1.82, 2.24) is 14.8 Å². The van der Waals surface area contributed by atoms with Gasteiger partial charge in [-0.25, -0.2) is 9.78 Å². The maximum atomic E-state index is 12.3. The Balaban J connectivity index is 1.49. The summed E-state index contributed by atoms with van der Waals surface area (Å²) in [6, 6.07) is 14.0. The topological polar surface area (TPSA) is 153 Å².